The molecule has 14 heavy (non-hydrogen) atoms. The van der Waals surface area contributed by atoms with E-state index in [1.54, 1.807) is 0 Å². The van der Waals surface area contributed by atoms with E-state index in [-0.39, 0.29) is 13.2 Å². The summed E-state index contributed by atoms with van der Waals surface area (Å²) < 4.78 is 16.7. The molecular weight excluding hydrogens is 322 g/mol. The summed E-state index contributed by atoms with van der Waals surface area (Å²) in [6.45, 7) is 0.970. The summed E-state index contributed by atoms with van der Waals surface area (Å²) in [5.41, 5.74) is 0. The van der Waals surface area contributed by atoms with Gasteiger partial charge in [0.15, 0.2) is 6.61 Å². The number of rotatable bonds is 6. The van der Waals surface area contributed by atoms with Crippen molar-refractivity contribution in [3.05, 3.63) is 0 Å². The first kappa shape index (κ1) is 13.8. The monoisotopic (exact) mass is 332 g/mol. The van der Waals surface area contributed by atoms with Gasteiger partial charge in [-0.3, -0.25) is 0 Å². The molecule has 0 N–H and O–H groups in total. The van der Waals surface area contributed by atoms with Gasteiger partial charge in [-0.2, -0.15) is 0 Å². The van der Waals surface area contributed by atoms with Crippen molar-refractivity contribution >= 4 is 40.3 Å². The summed E-state index contributed by atoms with van der Waals surface area (Å²) in [5.74, 6) is 2.98. The zero-order valence-corrected chi connectivity index (χ0v) is 10.3. The molecule has 0 amide bonds. The summed E-state index contributed by atoms with van der Waals surface area (Å²) >= 11 is 7.21. The van der Waals surface area contributed by atoms with E-state index < -0.39 is 6.16 Å². The summed E-state index contributed by atoms with van der Waals surface area (Å²) in [5, 5.41) is 0. The Morgan fingerprint density at radius 2 is 2.07 bits per heavy atom. The third kappa shape index (κ3) is 9.89. The highest BCUT2D eigenvalue weighted by atomic mass is 127. The van der Waals surface area contributed by atoms with Crippen molar-refractivity contribution in [2.75, 3.05) is 32.3 Å². The van der Waals surface area contributed by atoms with Crippen LogP contribution < -0.4 is 0 Å². The minimum Gasteiger partial charge on any atom is -0.432 e. The molecule has 0 radical (unpaired) electrons. The van der Waals surface area contributed by atoms with Gasteiger partial charge in [-0.25, -0.2) is 4.79 Å². The van der Waals surface area contributed by atoms with Crippen LogP contribution in [0.4, 0.5) is 4.79 Å². The van der Waals surface area contributed by atoms with Crippen LogP contribution in [0.2, 0.25) is 0 Å². The van der Waals surface area contributed by atoms with Gasteiger partial charge in [0.05, 0.1) is 13.2 Å². The van der Waals surface area contributed by atoms with Crippen molar-refractivity contribution in [3.63, 3.8) is 0 Å². The van der Waals surface area contributed by atoms with Crippen molar-refractivity contribution in [2.24, 2.45) is 0 Å². The molecule has 0 atom stereocenters. The molecule has 0 heterocycles. The number of hydrogen-bond acceptors (Lipinski definition) is 4. The molecule has 0 aromatic carbocycles. The average Bonchev–Trinajstić information content (AvgIpc) is 2.18. The van der Waals surface area contributed by atoms with E-state index in [1.165, 1.54) is 0 Å². The van der Waals surface area contributed by atoms with Gasteiger partial charge in [-0.05, 0) is 3.93 Å². The van der Waals surface area contributed by atoms with Crippen LogP contribution in [0.5, 0.6) is 0 Å². The van der Waals surface area contributed by atoms with E-state index in [0.717, 1.165) is 0 Å². The third-order valence-corrected chi connectivity index (χ3v) is 1.53. The van der Waals surface area contributed by atoms with E-state index in [4.69, 9.17) is 16.3 Å². The molecule has 0 aliphatic heterocycles. The highest BCUT2D eigenvalue weighted by Gasteiger charge is 2.01. The highest BCUT2D eigenvalue weighted by Crippen LogP contribution is 1.86. The lowest BCUT2D eigenvalue weighted by Crippen LogP contribution is -2.12. The molecule has 0 bridgehead atoms. The quantitative estimate of drug-likeness (QED) is 0.245. The first-order valence-corrected chi connectivity index (χ1v) is 5.44. The zero-order valence-electron chi connectivity index (χ0n) is 7.42. The lowest BCUT2D eigenvalue weighted by atomic mass is 10.7. The number of alkyl halides is 1. The largest absolute Gasteiger partial charge is 0.509 e. The van der Waals surface area contributed by atoms with Crippen molar-refractivity contribution in [1.82, 2.24) is 0 Å². The fraction of sp³-hybridized carbons (Fsp3) is 0.625. The number of hydrogen-bond donors (Lipinski definition) is 0. The number of ether oxygens (including phenoxy) is 3. The van der Waals surface area contributed by atoms with Gasteiger partial charge in [0.2, 0.25) is 0 Å². The van der Waals surface area contributed by atoms with Crippen molar-refractivity contribution in [2.45, 2.75) is 0 Å². The molecule has 0 spiro atoms. The Morgan fingerprint density at radius 3 is 2.71 bits per heavy atom. The van der Waals surface area contributed by atoms with Gasteiger partial charge in [0.25, 0.3) is 0 Å². The molecule has 0 aromatic heterocycles. The second kappa shape index (κ2) is 10.9. The van der Waals surface area contributed by atoms with Crippen molar-refractivity contribution in [1.29, 1.82) is 0 Å². The Kier molecular flexibility index (Phi) is 10.7. The number of halogens is 2. The Hall–Kier alpha value is -0.190. The third-order valence-electron chi connectivity index (χ3n) is 0.998. The van der Waals surface area contributed by atoms with Gasteiger partial charge in [0.1, 0.15) is 6.61 Å². The van der Waals surface area contributed by atoms with Crippen LogP contribution in [0.1, 0.15) is 0 Å². The normalized spacial score (nSPS) is 8.71. The van der Waals surface area contributed by atoms with Crippen LogP contribution >= 0.6 is 34.2 Å². The van der Waals surface area contributed by atoms with Crippen LogP contribution in [-0.2, 0) is 14.2 Å². The van der Waals surface area contributed by atoms with Crippen LogP contribution in [0.25, 0.3) is 0 Å². The van der Waals surface area contributed by atoms with Crippen molar-refractivity contribution in [3.8, 4) is 9.85 Å². The maximum absolute atomic E-state index is 10.8. The highest BCUT2D eigenvalue weighted by molar-refractivity contribution is 14.1. The average molecular weight is 333 g/mol. The summed E-state index contributed by atoms with van der Waals surface area (Å²) in [6.07, 6.45) is -0.737. The molecule has 6 heteroatoms. The maximum atomic E-state index is 10.8. The first-order chi connectivity index (χ1) is 6.81. The molecule has 0 aliphatic carbocycles. The van der Waals surface area contributed by atoms with E-state index in [2.05, 4.69) is 19.3 Å². The maximum Gasteiger partial charge on any atom is 0.509 e. The fourth-order valence-corrected chi connectivity index (χ4v) is 0.769. The lowest BCUT2D eigenvalue weighted by molar-refractivity contribution is 0.0357. The van der Waals surface area contributed by atoms with Crippen LogP contribution in [0.3, 0.4) is 0 Å². The summed E-state index contributed by atoms with van der Waals surface area (Å²) in [6, 6.07) is 0. The SMILES string of the molecule is O=C(OCC#CI)OCCOCCCl. The molecule has 0 saturated heterocycles. The van der Waals surface area contributed by atoms with E-state index in [9.17, 15) is 4.79 Å². The first-order valence-electron chi connectivity index (χ1n) is 3.83. The molecule has 0 saturated carbocycles. The molecule has 4 nitrogen and oxygen atoms in total. The second-order valence-corrected chi connectivity index (χ2v) is 2.88. The molecule has 0 aromatic rings. The summed E-state index contributed by atoms with van der Waals surface area (Å²) in [4.78, 5) is 10.8. The summed E-state index contributed by atoms with van der Waals surface area (Å²) in [7, 11) is 0. The Morgan fingerprint density at radius 1 is 1.29 bits per heavy atom. The topological polar surface area (TPSA) is 44.8 Å². The number of carbonyl (C=O) groups is 1. The van der Waals surface area contributed by atoms with Crippen LogP contribution in [-0.4, -0.2) is 38.5 Å². The standard InChI is InChI=1S/C8H10ClIO4/c9-2-5-12-6-7-14-8(11)13-4-1-3-10/h2,4-7H2. The van der Waals surface area contributed by atoms with Crippen LogP contribution in [0, 0.1) is 9.85 Å². The molecule has 0 aliphatic rings. The minimum atomic E-state index is -0.737. The lowest BCUT2D eigenvalue weighted by Gasteiger charge is -2.03. The fourth-order valence-electron chi connectivity index (χ4n) is 0.504. The van der Waals surface area contributed by atoms with E-state index >= 15 is 0 Å². The Labute approximate surface area is 101 Å². The van der Waals surface area contributed by atoms with Gasteiger partial charge < -0.3 is 14.2 Å². The Balaban J connectivity index is 3.21. The molecule has 0 fully saturated rings. The van der Waals surface area contributed by atoms with Crippen molar-refractivity contribution < 1.29 is 19.0 Å². The number of carbonyl (C=O) groups excluding carboxylic acids is 1. The zero-order chi connectivity index (χ0) is 10.6. The minimum absolute atomic E-state index is 0.0459. The predicted octanol–water partition coefficient (Wildman–Crippen LogP) is 1.79. The second-order valence-electron chi connectivity index (χ2n) is 1.96. The van der Waals surface area contributed by atoms with E-state index in [1.807, 2.05) is 22.6 Å². The van der Waals surface area contributed by atoms with Gasteiger partial charge in [0, 0.05) is 28.5 Å². The van der Waals surface area contributed by atoms with Crippen LogP contribution in [0.15, 0.2) is 0 Å². The van der Waals surface area contributed by atoms with E-state index in [0.29, 0.717) is 19.1 Å². The molecular formula is C8H10ClIO4. The Bertz CT molecular complexity index is 211. The molecule has 0 unspecified atom stereocenters. The predicted molar refractivity (Wildman–Crippen MR) is 60.6 cm³/mol. The molecule has 0 rings (SSSR count). The van der Waals surface area contributed by atoms with Gasteiger partial charge in [-0.1, -0.05) is 5.92 Å². The smallest absolute Gasteiger partial charge is 0.432 e. The van der Waals surface area contributed by atoms with Gasteiger partial charge in [-0.15, -0.1) is 11.6 Å². The van der Waals surface area contributed by atoms with Gasteiger partial charge >= 0.3 is 6.16 Å². The molecule has 80 valence electrons.